The maximum absolute atomic E-state index is 13.5. The lowest BCUT2D eigenvalue weighted by molar-refractivity contribution is -0.0813. The number of methoxy groups -OCH3 is 1. The average Bonchev–Trinajstić information content (AvgIpc) is 2.27. The van der Waals surface area contributed by atoms with Crippen molar-refractivity contribution in [3.05, 3.63) is 35.4 Å². The van der Waals surface area contributed by atoms with Crippen molar-refractivity contribution in [3.8, 4) is 0 Å². The Labute approximate surface area is 106 Å². The summed E-state index contributed by atoms with van der Waals surface area (Å²) in [6.07, 6.45) is 4.33. The van der Waals surface area contributed by atoms with Crippen LogP contribution >= 0.6 is 0 Å². The van der Waals surface area contributed by atoms with Crippen LogP contribution in [0.3, 0.4) is 0 Å². The zero-order chi connectivity index (χ0) is 13.2. The van der Waals surface area contributed by atoms with Crippen LogP contribution in [-0.2, 0) is 11.2 Å². The second-order valence-electron chi connectivity index (χ2n) is 5.14. The maximum atomic E-state index is 13.5. The van der Waals surface area contributed by atoms with Crippen LogP contribution in [0.1, 0.15) is 31.2 Å². The van der Waals surface area contributed by atoms with E-state index in [9.17, 15) is 8.78 Å². The lowest BCUT2D eigenvalue weighted by Gasteiger charge is -2.42. The van der Waals surface area contributed by atoms with Crippen molar-refractivity contribution in [1.29, 1.82) is 0 Å². The highest BCUT2D eigenvalue weighted by Crippen LogP contribution is 2.39. The van der Waals surface area contributed by atoms with Gasteiger partial charge in [0.1, 0.15) is 11.6 Å². The van der Waals surface area contributed by atoms with Gasteiger partial charge in [0, 0.05) is 19.2 Å². The summed E-state index contributed by atoms with van der Waals surface area (Å²) in [5.41, 5.74) is 6.40. The van der Waals surface area contributed by atoms with Gasteiger partial charge in [0.2, 0.25) is 0 Å². The molecule has 1 saturated carbocycles. The first-order chi connectivity index (χ1) is 8.54. The highest BCUT2D eigenvalue weighted by Gasteiger charge is 2.38. The second kappa shape index (κ2) is 5.33. The summed E-state index contributed by atoms with van der Waals surface area (Å²) < 4.78 is 31.8. The van der Waals surface area contributed by atoms with Crippen molar-refractivity contribution >= 4 is 0 Å². The fourth-order valence-corrected chi connectivity index (χ4v) is 2.58. The van der Waals surface area contributed by atoms with Crippen molar-refractivity contribution < 1.29 is 13.5 Å². The summed E-state index contributed by atoms with van der Waals surface area (Å²) in [5, 5.41) is 0. The van der Waals surface area contributed by atoms with Crippen molar-refractivity contribution in [2.24, 2.45) is 5.73 Å². The molecule has 0 amide bonds. The van der Waals surface area contributed by atoms with Crippen LogP contribution in [0.2, 0.25) is 0 Å². The Morgan fingerprint density at radius 1 is 1.39 bits per heavy atom. The van der Waals surface area contributed by atoms with E-state index < -0.39 is 11.6 Å². The van der Waals surface area contributed by atoms with E-state index in [4.69, 9.17) is 10.5 Å². The molecule has 0 radical (unpaired) electrons. The molecule has 1 aliphatic rings. The zero-order valence-electron chi connectivity index (χ0n) is 10.6. The number of ether oxygens (including phenoxy) is 1. The van der Waals surface area contributed by atoms with E-state index in [1.807, 2.05) is 0 Å². The summed E-state index contributed by atoms with van der Waals surface area (Å²) >= 11 is 0. The summed E-state index contributed by atoms with van der Waals surface area (Å²) in [6.45, 7) is 0. The number of benzene rings is 1. The highest BCUT2D eigenvalue weighted by molar-refractivity contribution is 5.19. The molecule has 18 heavy (non-hydrogen) atoms. The van der Waals surface area contributed by atoms with Gasteiger partial charge in [-0.15, -0.1) is 0 Å². The number of nitrogens with two attached hydrogens (primary N) is 1. The summed E-state index contributed by atoms with van der Waals surface area (Å²) in [6, 6.07) is 3.47. The maximum Gasteiger partial charge on any atom is 0.129 e. The van der Waals surface area contributed by atoms with E-state index in [-0.39, 0.29) is 11.6 Å². The van der Waals surface area contributed by atoms with Gasteiger partial charge in [-0.2, -0.15) is 0 Å². The van der Waals surface area contributed by atoms with Crippen LogP contribution in [0.5, 0.6) is 0 Å². The molecule has 1 aliphatic carbocycles. The second-order valence-corrected chi connectivity index (χ2v) is 5.14. The van der Waals surface area contributed by atoms with Gasteiger partial charge in [0.05, 0.1) is 5.60 Å². The third kappa shape index (κ3) is 2.87. The Morgan fingerprint density at radius 3 is 2.61 bits per heavy atom. The fraction of sp³-hybridized carbons (Fsp3) is 0.571. The molecule has 0 aromatic heterocycles. The monoisotopic (exact) mass is 255 g/mol. The lowest BCUT2D eigenvalue weighted by Crippen LogP contribution is -2.45. The predicted molar refractivity (Wildman–Crippen MR) is 66.2 cm³/mol. The number of halogens is 2. The Balaban J connectivity index is 1.96. The van der Waals surface area contributed by atoms with Crippen LogP contribution in [0.25, 0.3) is 0 Å². The molecule has 1 aromatic rings. The number of hydrogen-bond donors (Lipinski definition) is 1. The Bertz CT molecular complexity index is 413. The van der Waals surface area contributed by atoms with Crippen LogP contribution in [0, 0.1) is 11.6 Å². The Hall–Kier alpha value is -1.00. The molecule has 2 N–H and O–H groups in total. The molecule has 4 heteroatoms. The molecular weight excluding hydrogens is 236 g/mol. The minimum absolute atomic E-state index is 0.115. The molecule has 2 nitrogen and oxygen atoms in total. The largest absolute Gasteiger partial charge is 0.378 e. The zero-order valence-corrected chi connectivity index (χ0v) is 10.6. The highest BCUT2D eigenvalue weighted by atomic mass is 19.1. The van der Waals surface area contributed by atoms with Crippen LogP contribution in [0.4, 0.5) is 8.78 Å². The molecule has 1 atom stereocenters. The van der Waals surface area contributed by atoms with Crippen LogP contribution in [-0.4, -0.2) is 18.8 Å². The minimum atomic E-state index is -0.558. The van der Waals surface area contributed by atoms with Gasteiger partial charge in [0.25, 0.3) is 0 Å². The van der Waals surface area contributed by atoms with E-state index in [1.165, 1.54) is 12.1 Å². The van der Waals surface area contributed by atoms with Gasteiger partial charge in [-0.3, -0.25) is 0 Å². The normalized spacial score (nSPS) is 19.3. The molecule has 0 bridgehead atoms. The van der Waals surface area contributed by atoms with Gasteiger partial charge in [-0.1, -0.05) is 6.07 Å². The van der Waals surface area contributed by atoms with Crippen LogP contribution in [0.15, 0.2) is 18.2 Å². The van der Waals surface area contributed by atoms with Gasteiger partial charge in [-0.25, -0.2) is 8.78 Å². The third-order valence-electron chi connectivity index (χ3n) is 3.83. The van der Waals surface area contributed by atoms with Gasteiger partial charge in [-0.05, 0) is 43.7 Å². The molecule has 1 unspecified atom stereocenters. The van der Waals surface area contributed by atoms with Gasteiger partial charge >= 0.3 is 0 Å². The van der Waals surface area contributed by atoms with E-state index in [2.05, 4.69) is 0 Å². The minimum Gasteiger partial charge on any atom is -0.378 e. The summed E-state index contributed by atoms with van der Waals surface area (Å²) in [5.74, 6) is -1.08. The Kier molecular flexibility index (Phi) is 3.97. The molecule has 0 saturated heterocycles. The Morgan fingerprint density at radius 2 is 2.11 bits per heavy atom. The standard InChI is InChI=1S/C14H19F2NO/c1-18-14(5-2-6-14)9-12(17)7-10-3-4-11(15)8-13(10)16/h3-4,8,12H,2,5-7,9,17H2,1H3. The summed E-state index contributed by atoms with van der Waals surface area (Å²) in [4.78, 5) is 0. The van der Waals surface area contributed by atoms with Gasteiger partial charge in [0.15, 0.2) is 0 Å². The lowest BCUT2D eigenvalue weighted by atomic mass is 9.75. The predicted octanol–water partition coefficient (Wildman–Crippen LogP) is 2.79. The quantitative estimate of drug-likeness (QED) is 0.878. The van der Waals surface area contributed by atoms with Crippen molar-refractivity contribution in [2.45, 2.75) is 43.7 Å². The van der Waals surface area contributed by atoms with Gasteiger partial charge < -0.3 is 10.5 Å². The molecule has 2 rings (SSSR count). The molecule has 1 aromatic carbocycles. The van der Waals surface area contributed by atoms with Crippen molar-refractivity contribution in [3.63, 3.8) is 0 Å². The molecule has 0 heterocycles. The molecule has 100 valence electrons. The smallest absolute Gasteiger partial charge is 0.129 e. The summed E-state index contributed by atoms with van der Waals surface area (Å²) in [7, 11) is 1.70. The average molecular weight is 255 g/mol. The van der Waals surface area contributed by atoms with E-state index >= 15 is 0 Å². The number of hydrogen-bond acceptors (Lipinski definition) is 2. The molecule has 0 aliphatic heterocycles. The van der Waals surface area contributed by atoms with Crippen molar-refractivity contribution in [2.75, 3.05) is 7.11 Å². The number of rotatable bonds is 5. The first-order valence-electron chi connectivity index (χ1n) is 6.29. The van der Waals surface area contributed by atoms with E-state index in [0.29, 0.717) is 12.0 Å². The molecule has 1 fully saturated rings. The fourth-order valence-electron chi connectivity index (χ4n) is 2.58. The van der Waals surface area contributed by atoms with Crippen molar-refractivity contribution in [1.82, 2.24) is 0 Å². The molecular formula is C14H19F2NO. The van der Waals surface area contributed by atoms with E-state index in [0.717, 1.165) is 31.7 Å². The molecule has 0 spiro atoms. The topological polar surface area (TPSA) is 35.2 Å². The van der Waals surface area contributed by atoms with E-state index in [1.54, 1.807) is 7.11 Å². The third-order valence-corrected chi connectivity index (χ3v) is 3.83. The first kappa shape index (κ1) is 13.4. The first-order valence-corrected chi connectivity index (χ1v) is 6.29. The SMILES string of the molecule is COC1(CC(N)Cc2ccc(F)cc2F)CCC1. The van der Waals surface area contributed by atoms with Crippen LogP contribution < -0.4 is 5.73 Å².